The fourth-order valence-corrected chi connectivity index (χ4v) is 1.93. The Bertz CT molecular complexity index is 350. The van der Waals surface area contributed by atoms with Gasteiger partial charge < -0.3 is 4.74 Å². The van der Waals surface area contributed by atoms with Crippen LogP contribution in [-0.4, -0.2) is 12.6 Å². The summed E-state index contributed by atoms with van der Waals surface area (Å²) in [6, 6.07) is 4.04. The quantitative estimate of drug-likeness (QED) is 0.566. The number of carbonyl (C=O) groups excluding carboxylic acids is 1. The van der Waals surface area contributed by atoms with Crippen molar-refractivity contribution in [1.29, 1.82) is 0 Å². The van der Waals surface area contributed by atoms with Crippen molar-refractivity contribution in [3.63, 3.8) is 0 Å². The molecule has 1 aromatic heterocycles. The number of esters is 1. The Hall–Kier alpha value is -1.09. The molecule has 0 radical (unpaired) electrons. The largest absolute Gasteiger partial charge is 0.463 e. The Kier molecular flexibility index (Phi) is 3.89. The minimum absolute atomic E-state index is 0.237. The Labute approximate surface area is 88.2 Å². The molecule has 14 heavy (non-hydrogen) atoms. The van der Waals surface area contributed by atoms with Crippen LogP contribution in [-0.2, 0) is 9.53 Å². The molecule has 2 nitrogen and oxygen atoms in total. The smallest absolute Gasteiger partial charge is 0.333 e. The van der Waals surface area contributed by atoms with Gasteiger partial charge in [-0.2, -0.15) is 0 Å². The SMILES string of the molecule is CCOC(=O)C(C)=Cc1ccc(C)s1. The predicted molar refractivity (Wildman–Crippen MR) is 59.3 cm³/mol. The van der Waals surface area contributed by atoms with Crippen LogP contribution in [0.3, 0.4) is 0 Å². The van der Waals surface area contributed by atoms with E-state index < -0.39 is 0 Å². The number of ether oxygens (including phenoxy) is 1. The highest BCUT2D eigenvalue weighted by atomic mass is 32.1. The second kappa shape index (κ2) is 4.96. The Morgan fingerprint density at radius 1 is 1.57 bits per heavy atom. The number of hydrogen-bond donors (Lipinski definition) is 0. The Morgan fingerprint density at radius 3 is 2.79 bits per heavy atom. The Balaban J connectivity index is 2.73. The van der Waals surface area contributed by atoms with Gasteiger partial charge in [0.05, 0.1) is 6.61 Å². The van der Waals surface area contributed by atoms with Crippen molar-refractivity contribution < 1.29 is 9.53 Å². The molecule has 0 bridgehead atoms. The summed E-state index contributed by atoms with van der Waals surface area (Å²) in [6.45, 7) is 6.04. The summed E-state index contributed by atoms with van der Waals surface area (Å²) in [4.78, 5) is 13.6. The number of rotatable bonds is 3. The van der Waals surface area contributed by atoms with E-state index in [-0.39, 0.29) is 5.97 Å². The summed E-state index contributed by atoms with van der Waals surface area (Å²) in [7, 11) is 0. The van der Waals surface area contributed by atoms with E-state index >= 15 is 0 Å². The van der Waals surface area contributed by atoms with Gasteiger partial charge in [0.1, 0.15) is 0 Å². The first-order valence-electron chi connectivity index (χ1n) is 4.55. The minimum Gasteiger partial charge on any atom is -0.463 e. The third-order valence-corrected chi connectivity index (χ3v) is 2.67. The molecule has 0 fully saturated rings. The molecule has 3 heteroatoms. The van der Waals surface area contributed by atoms with E-state index in [2.05, 4.69) is 0 Å². The molecule has 0 aliphatic rings. The van der Waals surface area contributed by atoms with Crippen molar-refractivity contribution in [2.45, 2.75) is 20.8 Å². The first-order chi connectivity index (χ1) is 6.63. The minimum atomic E-state index is -0.237. The van der Waals surface area contributed by atoms with Crippen LogP contribution in [0, 0.1) is 6.92 Å². The zero-order valence-electron chi connectivity index (χ0n) is 8.66. The molecule has 0 saturated heterocycles. The van der Waals surface area contributed by atoms with Gasteiger partial charge in [-0.25, -0.2) is 4.79 Å². The summed E-state index contributed by atoms with van der Waals surface area (Å²) >= 11 is 1.67. The summed E-state index contributed by atoms with van der Waals surface area (Å²) in [5.41, 5.74) is 0.647. The van der Waals surface area contributed by atoms with E-state index in [0.717, 1.165) is 4.88 Å². The second-order valence-corrected chi connectivity index (χ2v) is 4.32. The third-order valence-electron chi connectivity index (χ3n) is 1.72. The maximum absolute atomic E-state index is 11.3. The summed E-state index contributed by atoms with van der Waals surface area (Å²) in [5, 5.41) is 0. The molecule has 0 aromatic carbocycles. The first kappa shape index (κ1) is 11.0. The summed E-state index contributed by atoms with van der Waals surface area (Å²) in [5.74, 6) is -0.237. The molecule has 0 N–H and O–H groups in total. The van der Waals surface area contributed by atoms with Crippen LogP contribution in [0.4, 0.5) is 0 Å². The molecule has 0 aliphatic carbocycles. The van der Waals surface area contributed by atoms with Crippen molar-refractivity contribution in [1.82, 2.24) is 0 Å². The molecule has 1 aromatic rings. The third kappa shape index (κ3) is 3.00. The molecule has 0 unspecified atom stereocenters. The molecule has 1 heterocycles. The van der Waals surface area contributed by atoms with Crippen molar-refractivity contribution >= 4 is 23.4 Å². The van der Waals surface area contributed by atoms with E-state index in [0.29, 0.717) is 12.2 Å². The zero-order chi connectivity index (χ0) is 10.6. The second-order valence-electron chi connectivity index (χ2n) is 3.00. The van der Waals surface area contributed by atoms with E-state index in [4.69, 9.17) is 4.74 Å². The molecular weight excluding hydrogens is 196 g/mol. The molecule has 0 saturated carbocycles. The van der Waals surface area contributed by atoms with Crippen molar-refractivity contribution in [2.24, 2.45) is 0 Å². The van der Waals surface area contributed by atoms with Gasteiger partial charge in [-0.3, -0.25) is 0 Å². The maximum Gasteiger partial charge on any atom is 0.333 e. The van der Waals surface area contributed by atoms with Crippen LogP contribution < -0.4 is 0 Å². The number of carbonyl (C=O) groups is 1. The fourth-order valence-electron chi connectivity index (χ4n) is 1.05. The van der Waals surface area contributed by atoms with Gasteiger partial charge in [0.2, 0.25) is 0 Å². The van der Waals surface area contributed by atoms with Gasteiger partial charge in [-0.15, -0.1) is 11.3 Å². The average Bonchev–Trinajstić information content (AvgIpc) is 2.51. The molecular formula is C11H14O2S. The van der Waals surface area contributed by atoms with Gasteiger partial charge >= 0.3 is 5.97 Å². The lowest BCUT2D eigenvalue weighted by atomic mass is 10.2. The van der Waals surface area contributed by atoms with Gasteiger partial charge in [0, 0.05) is 15.3 Å². The lowest BCUT2D eigenvalue weighted by Gasteiger charge is -1.99. The standard InChI is InChI=1S/C11H14O2S/c1-4-13-11(12)8(2)7-10-6-5-9(3)14-10/h5-7H,4H2,1-3H3. The van der Waals surface area contributed by atoms with E-state index in [1.807, 2.05) is 25.1 Å². The monoisotopic (exact) mass is 210 g/mol. The lowest BCUT2D eigenvalue weighted by molar-refractivity contribution is -0.138. The molecule has 76 valence electrons. The summed E-state index contributed by atoms with van der Waals surface area (Å²) < 4.78 is 4.88. The molecule has 0 aliphatic heterocycles. The highest BCUT2D eigenvalue weighted by Crippen LogP contribution is 2.18. The van der Waals surface area contributed by atoms with Crippen LogP contribution in [0.25, 0.3) is 6.08 Å². The molecule has 0 spiro atoms. The zero-order valence-corrected chi connectivity index (χ0v) is 9.48. The van der Waals surface area contributed by atoms with Gasteiger partial charge in [0.25, 0.3) is 0 Å². The average molecular weight is 210 g/mol. The highest BCUT2D eigenvalue weighted by Gasteiger charge is 2.04. The molecule has 1 rings (SSSR count). The first-order valence-corrected chi connectivity index (χ1v) is 5.37. The van der Waals surface area contributed by atoms with Gasteiger partial charge in [-0.05, 0) is 39.0 Å². The van der Waals surface area contributed by atoms with Crippen LogP contribution in [0.5, 0.6) is 0 Å². The Morgan fingerprint density at radius 2 is 2.29 bits per heavy atom. The lowest BCUT2D eigenvalue weighted by Crippen LogP contribution is -2.04. The summed E-state index contributed by atoms with van der Waals surface area (Å²) in [6.07, 6.45) is 1.86. The fraction of sp³-hybridized carbons (Fsp3) is 0.364. The van der Waals surface area contributed by atoms with Crippen LogP contribution in [0.15, 0.2) is 17.7 Å². The maximum atomic E-state index is 11.3. The van der Waals surface area contributed by atoms with Crippen molar-refractivity contribution in [2.75, 3.05) is 6.61 Å². The van der Waals surface area contributed by atoms with Crippen LogP contribution in [0.2, 0.25) is 0 Å². The molecule has 0 atom stereocenters. The number of hydrogen-bond acceptors (Lipinski definition) is 3. The van der Waals surface area contributed by atoms with E-state index in [1.54, 1.807) is 25.2 Å². The van der Waals surface area contributed by atoms with E-state index in [9.17, 15) is 4.79 Å². The van der Waals surface area contributed by atoms with Crippen molar-refractivity contribution in [3.8, 4) is 0 Å². The van der Waals surface area contributed by atoms with Gasteiger partial charge in [0.15, 0.2) is 0 Å². The topological polar surface area (TPSA) is 26.3 Å². The predicted octanol–water partition coefficient (Wildman–Crippen LogP) is 3.02. The van der Waals surface area contributed by atoms with Crippen LogP contribution >= 0.6 is 11.3 Å². The van der Waals surface area contributed by atoms with Gasteiger partial charge in [-0.1, -0.05) is 0 Å². The number of thiophene rings is 1. The normalized spacial score (nSPS) is 11.5. The number of aryl methyl sites for hydroxylation is 1. The highest BCUT2D eigenvalue weighted by molar-refractivity contribution is 7.12. The van der Waals surface area contributed by atoms with Crippen LogP contribution in [0.1, 0.15) is 23.6 Å². The molecule has 0 amide bonds. The van der Waals surface area contributed by atoms with E-state index in [1.165, 1.54) is 4.88 Å². The van der Waals surface area contributed by atoms with Crippen molar-refractivity contribution in [3.05, 3.63) is 27.5 Å².